The van der Waals surface area contributed by atoms with E-state index in [1.165, 1.54) is 12.8 Å². The average Bonchev–Trinajstić information content (AvgIpc) is 3.10. The third kappa shape index (κ3) is 2.66. The van der Waals surface area contributed by atoms with Crippen LogP contribution in [0.3, 0.4) is 0 Å². The molecule has 0 aromatic carbocycles. The van der Waals surface area contributed by atoms with Gasteiger partial charge in [0.1, 0.15) is 0 Å². The van der Waals surface area contributed by atoms with E-state index in [2.05, 4.69) is 29.3 Å². The van der Waals surface area contributed by atoms with Crippen LogP contribution >= 0.6 is 0 Å². The minimum Gasteiger partial charge on any atom is -0.378 e. The Labute approximate surface area is 107 Å². The Morgan fingerprint density at radius 2 is 2.11 bits per heavy atom. The molecule has 2 aliphatic rings. The van der Waals surface area contributed by atoms with Gasteiger partial charge in [-0.3, -0.25) is 0 Å². The zero-order chi connectivity index (χ0) is 12.5. The first kappa shape index (κ1) is 12.0. The summed E-state index contributed by atoms with van der Waals surface area (Å²) in [6, 6.07) is 0.963. The van der Waals surface area contributed by atoms with E-state index >= 15 is 0 Å². The van der Waals surface area contributed by atoms with Crippen LogP contribution in [-0.4, -0.2) is 28.9 Å². The van der Waals surface area contributed by atoms with Crippen molar-refractivity contribution < 1.29 is 9.26 Å². The van der Waals surface area contributed by atoms with Gasteiger partial charge in [-0.25, -0.2) is 0 Å². The topological polar surface area (TPSA) is 60.2 Å². The third-order valence-electron chi connectivity index (χ3n) is 3.75. The summed E-state index contributed by atoms with van der Waals surface area (Å²) in [6.45, 7) is 4.96. The van der Waals surface area contributed by atoms with Crippen molar-refractivity contribution in [3.8, 4) is 0 Å². The van der Waals surface area contributed by atoms with Crippen LogP contribution in [0.5, 0.6) is 0 Å². The van der Waals surface area contributed by atoms with Gasteiger partial charge >= 0.3 is 6.01 Å². The lowest BCUT2D eigenvalue weighted by Crippen LogP contribution is -2.35. The van der Waals surface area contributed by atoms with Crippen LogP contribution in [-0.2, 0) is 4.74 Å². The first-order valence-electron chi connectivity index (χ1n) is 6.94. The van der Waals surface area contributed by atoms with Gasteiger partial charge in [0.05, 0.1) is 6.10 Å². The van der Waals surface area contributed by atoms with Crippen LogP contribution in [0.1, 0.15) is 51.3 Å². The monoisotopic (exact) mass is 251 g/mol. The molecule has 1 saturated carbocycles. The number of aromatic nitrogens is 2. The van der Waals surface area contributed by atoms with Gasteiger partial charge < -0.3 is 14.6 Å². The van der Waals surface area contributed by atoms with Gasteiger partial charge in [-0.2, -0.15) is 4.98 Å². The number of nitrogens with zero attached hydrogens (tertiary/aromatic N) is 2. The smallest absolute Gasteiger partial charge is 0.321 e. The molecule has 3 rings (SSSR count). The predicted octanol–water partition coefficient (Wildman–Crippen LogP) is 2.56. The molecule has 5 nitrogen and oxygen atoms in total. The van der Waals surface area contributed by atoms with Gasteiger partial charge in [0.25, 0.3) is 0 Å². The average molecular weight is 251 g/mol. The minimum atomic E-state index is 0.304. The molecule has 18 heavy (non-hydrogen) atoms. The fourth-order valence-corrected chi connectivity index (χ4v) is 2.46. The van der Waals surface area contributed by atoms with E-state index in [0.29, 0.717) is 24.1 Å². The lowest BCUT2D eigenvalue weighted by molar-refractivity contribution is -0.00253. The van der Waals surface area contributed by atoms with Gasteiger partial charge in [-0.15, -0.1) is 0 Å². The second-order valence-electron chi connectivity index (χ2n) is 5.72. The van der Waals surface area contributed by atoms with Crippen LogP contribution in [0.15, 0.2) is 4.52 Å². The van der Waals surface area contributed by atoms with Crippen molar-refractivity contribution in [2.24, 2.45) is 5.92 Å². The van der Waals surface area contributed by atoms with E-state index in [1.807, 2.05) is 0 Å². The second kappa shape index (κ2) is 4.88. The summed E-state index contributed by atoms with van der Waals surface area (Å²) in [4.78, 5) is 4.36. The highest BCUT2D eigenvalue weighted by Crippen LogP contribution is 2.38. The SMILES string of the molecule is CC(C)c1noc(NC2CCOC(C3CC3)C2)n1. The van der Waals surface area contributed by atoms with Crippen molar-refractivity contribution in [2.75, 3.05) is 11.9 Å². The maximum Gasteiger partial charge on any atom is 0.321 e. The van der Waals surface area contributed by atoms with Gasteiger partial charge in [0.15, 0.2) is 5.82 Å². The lowest BCUT2D eigenvalue weighted by atomic mass is 10.0. The molecule has 0 spiro atoms. The van der Waals surface area contributed by atoms with Crippen molar-refractivity contribution in [1.82, 2.24) is 10.1 Å². The van der Waals surface area contributed by atoms with Crippen molar-refractivity contribution in [2.45, 2.75) is 57.6 Å². The normalized spacial score (nSPS) is 28.6. The van der Waals surface area contributed by atoms with Gasteiger partial charge in [-0.05, 0) is 31.6 Å². The highest BCUT2D eigenvalue weighted by molar-refractivity contribution is 5.21. The highest BCUT2D eigenvalue weighted by Gasteiger charge is 2.36. The van der Waals surface area contributed by atoms with E-state index < -0.39 is 0 Å². The maximum absolute atomic E-state index is 5.81. The second-order valence-corrected chi connectivity index (χ2v) is 5.72. The summed E-state index contributed by atoms with van der Waals surface area (Å²) in [5, 5.41) is 7.32. The van der Waals surface area contributed by atoms with E-state index in [1.54, 1.807) is 0 Å². The van der Waals surface area contributed by atoms with Crippen LogP contribution in [0.25, 0.3) is 0 Å². The summed E-state index contributed by atoms with van der Waals surface area (Å²) < 4.78 is 11.0. The van der Waals surface area contributed by atoms with Crippen molar-refractivity contribution in [3.05, 3.63) is 5.82 Å². The first-order valence-corrected chi connectivity index (χ1v) is 6.94. The molecular formula is C13H21N3O2. The number of ether oxygens (including phenoxy) is 1. The molecule has 5 heteroatoms. The molecule has 0 bridgehead atoms. The standard InChI is InChI=1S/C13H21N3O2/c1-8(2)12-15-13(18-16-12)14-10-5-6-17-11(7-10)9-3-4-9/h8-11H,3-7H2,1-2H3,(H,14,15,16). The van der Waals surface area contributed by atoms with Crippen molar-refractivity contribution >= 4 is 6.01 Å². The van der Waals surface area contributed by atoms with Gasteiger partial charge in [0.2, 0.25) is 0 Å². The zero-order valence-electron chi connectivity index (χ0n) is 11.1. The zero-order valence-corrected chi connectivity index (χ0v) is 11.1. The quantitative estimate of drug-likeness (QED) is 0.891. The van der Waals surface area contributed by atoms with E-state index in [4.69, 9.17) is 9.26 Å². The molecule has 0 radical (unpaired) electrons. The van der Waals surface area contributed by atoms with Crippen molar-refractivity contribution in [1.29, 1.82) is 0 Å². The Morgan fingerprint density at radius 3 is 2.78 bits per heavy atom. The van der Waals surface area contributed by atoms with Crippen LogP contribution in [0.4, 0.5) is 6.01 Å². The molecule has 1 N–H and O–H groups in total. The number of nitrogens with one attached hydrogen (secondary N) is 1. The molecule has 2 unspecified atom stereocenters. The molecule has 1 aliphatic heterocycles. The lowest BCUT2D eigenvalue weighted by Gasteiger charge is -2.29. The number of rotatable bonds is 4. The van der Waals surface area contributed by atoms with Crippen molar-refractivity contribution in [3.63, 3.8) is 0 Å². The Hall–Kier alpha value is -1.10. The van der Waals surface area contributed by atoms with E-state index in [0.717, 1.165) is 31.2 Å². The molecular weight excluding hydrogens is 230 g/mol. The van der Waals surface area contributed by atoms with Crippen LogP contribution in [0.2, 0.25) is 0 Å². The fourth-order valence-electron chi connectivity index (χ4n) is 2.46. The van der Waals surface area contributed by atoms with E-state index in [9.17, 15) is 0 Å². The Kier molecular flexibility index (Phi) is 3.24. The maximum atomic E-state index is 5.81. The third-order valence-corrected chi connectivity index (χ3v) is 3.75. The Bertz CT molecular complexity index is 401. The molecule has 1 aliphatic carbocycles. The van der Waals surface area contributed by atoms with Gasteiger partial charge in [-0.1, -0.05) is 19.0 Å². The molecule has 2 fully saturated rings. The summed E-state index contributed by atoms with van der Waals surface area (Å²) in [5.41, 5.74) is 0. The largest absolute Gasteiger partial charge is 0.378 e. The van der Waals surface area contributed by atoms with Crippen LogP contribution < -0.4 is 5.32 Å². The first-order chi connectivity index (χ1) is 8.72. The minimum absolute atomic E-state index is 0.304. The number of anilines is 1. The predicted molar refractivity (Wildman–Crippen MR) is 67.5 cm³/mol. The molecule has 2 heterocycles. The van der Waals surface area contributed by atoms with E-state index in [-0.39, 0.29) is 0 Å². The fraction of sp³-hybridized carbons (Fsp3) is 0.846. The Balaban J connectivity index is 1.57. The van der Waals surface area contributed by atoms with Crippen LogP contribution in [0, 0.1) is 5.92 Å². The molecule has 1 aromatic heterocycles. The Morgan fingerprint density at radius 1 is 1.28 bits per heavy atom. The molecule has 2 atom stereocenters. The summed E-state index contributed by atoms with van der Waals surface area (Å²) in [5.74, 6) is 1.87. The molecule has 1 saturated heterocycles. The van der Waals surface area contributed by atoms with Gasteiger partial charge in [0, 0.05) is 18.6 Å². The summed E-state index contributed by atoms with van der Waals surface area (Å²) in [7, 11) is 0. The molecule has 0 amide bonds. The summed E-state index contributed by atoms with van der Waals surface area (Å²) in [6.07, 6.45) is 5.17. The molecule has 1 aromatic rings. The highest BCUT2D eigenvalue weighted by atomic mass is 16.5. The summed E-state index contributed by atoms with van der Waals surface area (Å²) >= 11 is 0. The number of hydrogen-bond donors (Lipinski definition) is 1. The molecule has 100 valence electrons. The number of hydrogen-bond acceptors (Lipinski definition) is 5.